The molecule has 2 heterocycles. The highest BCUT2D eigenvalue weighted by molar-refractivity contribution is 6.31. The van der Waals surface area contributed by atoms with Crippen molar-refractivity contribution in [3.63, 3.8) is 0 Å². The van der Waals surface area contributed by atoms with Crippen molar-refractivity contribution in [1.29, 1.82) is 0 Å². The van der Waals surface area contributed by atoms with Gasteiger partial charge in [-0.05, 0) is 37.6 Å². The maximum Gasteiger partial charge on any atom is 0.215 e. The fourth-order valence-electron chi connectivity index (χ4n) is 2.21. The maximum absolute atomic E-state index is 13.2. The molecule has 0 radical (unpaired) electrons. The number of aromatic nitrogens is 1. The minimum Gasteiger partial charge on any atom is -0.437 e. The van der Waals surface area contributed by atoms with Crippen LogP contribution in [0.15, 0.2) is 28.8 Å². The summed E-state index contributed by atoms with van der Waals surface area (Å²) in [6.07, 6.45) is 1.64. The van der Waals surface area contributed by atoms with Crippen LogP contribution >= 0.6 is 11.6 Å². The first-order chi connectivity index (χ1) is 9.97. The van der Waals surface area contributed by atoms with Crippen molar-refractivity contribution in [2.24, 2.45) is 0 Å². The van der Waals surface area contributed by atoms with Gasteiger partial charge < -0.3 is 15.5 Å². The van der Waals surface area contributed by atoms with Crippen molar-refractivity contribution >= 4 is 39.8 Å². The molecule has 0 fully saturated rings. The molecule has 21 heavy (non-hydrogen) atoms. The van der Waals surface area contributed by atoms with E-state index in [0.29, 0.717) is 17.0 Å². The van der Waals surface area contributed by atoms with Crippen LogP contribution in [0, 0.1) is 19.7 Å². The van der Waals surface area contributed by atoms with Gasteiger partial charge in [0.25, 0.3) is 0 Å². The van der Waals surface area contributed by atoms with Crippen LogP contribution in [-0.2, 0) is 0 Å². The van der Waals surface area contributed by atoms with Crippen LogP contribution < -0.4 is 11.1 Å². The number of fused-ring (bicyclic) bond motifs is 1. The Kier molecular flexibility index (Phi) is 3.22. The monoisotopic (exact) mass is 305 g/mol. The molecule has 0 saturated heterocycles. The van der Waals surface area contributed by atoms with Gasteiger partial charge >= 0.3 is 0 Å². The fraction of sp³-hybridized carbons (Fsp3) is 0.133. The summed E-state index contributed by atoms with van der Waals surface area (Å²) < 4.78 is 18.7. The number of pyridine rings is 1. The van der Waals surface area contributed by atoms with Crippen molar-refractivity contribution in [2.75, 3.05) is 11.1 Å². The molecule has 0 spiro atoms. The van der Waals surface area contributed by atoms with E-state index in [1.165, 1.54) is 12.1 Å². The van der Waals surface area contributed by atoms with E-state index in [1.807, 2.05) is 13.8 Å². The molecule has 0 bridgehead atoms. The number of hydrogen-bond donors (Lipinski definition) is 2. The molecule has 1 aromatic carbocycles. The summed E-state index contributed by atoms with van der Waals surface area (Å²) in [6.45, 7) is 3.86. The molecule has 3 aromatic rings. The molecule has 6 heteroatoms. The molecule has 0 atom stereocenters. The second-order valence-corrected chi connectivity index (χ2v) is 5.21. The summed E-state index contributed by atoms with van der Waals surface area (Å²) in [4.78, 5) is 4.25. The Bertz CT molecular complexity index is 845. The number of anilines is 3. The average molecular weight is 306 g/mol. The zero-order chi connectivity index (χ0) is 15.1. The number of hydrogen-bond acceptors (Lipinski definition) is 4. The molecule has 0 unspecified atom stereocenters. The molecule has 3 rings (SSSR count). The maximum atomic E-state index is 13.2. The number of aryl methyl sites for hydroxylation is 2. The number of nitrogens with two attached hydrogens (primary N) is 1. The smallest absolute Gasteiger partial charge is 0.215 e. The number of furan rings is 1. The Hall–Kier alpha value is -2.27. The Morgan fingerprint density at radius 1 is 1.33 bits per heavy atom. The average Bonchev–Trinajstić information content (AvgIpc) is 2.76. The van der Waals surface area contributed by atoms with Gasteiger partial charge in [0.05, 0.1) is 16.6 Å². The molecule has 108 valence electrons. The van der Waals surface area contributed by atoms with E-state index in [2.05, 4.69) is 10.3 Å². The summed E-state index contributed by atoms with van der Waals surface area (Å²) in [5.41, 5.74) is 9.66. The quantitative estimate of drug-likeness (QED) is 0.728. The fourth-order valence-corrected chi connectivity index (χ4v) is 2.39. The topological polar surface area (TPSA) is 64.1 Å². The molecule has 3 N–H and O–H groups in total. The lowest BCUT2D eigenvalue weighted by Gasteiger charge is -2.08. The first kappa shape index (κ1) is 13.7. The SMILES string of the molecule is Cc1ncc2oc(N)c(Nc3ccc(F)c(Cl)c3)c2c1C. The summed E-state index contributed by atoms with van der Waals surface area (Å²) in [6, 6.07) is 4.38. The Morgan fingerprint density at radius 2 is 2.10 bits per heavy atom. The summed E-state index contributed by atoms with van der Waals surface area (Å²) in [7, 11) is 0. The molecule has 2 aromatic heterocycles. The summed E-state index contributed by atoms with van der Waals surface area (Å²) in [5, 5.41) is 4.04. The first-order valence-corrected chi connectivity index (χ1v) is 6.71. The third-order valence-electron chi connectivity index (χ3n) is 3.44. The lowest BCUT2D eigenvalue weighted by molar-refractivity contribution is 0.628. The largest absolute Gasteiger partial charge is 0.437 e. The lowest BCUT2D eigenvalue weighted by atomic mass is 10.1. The highest BCUT2D eigenvalue weighted by Gasteiger charge is 2.16. The molecule has 0 saturated carbocycles. The van der Waals surface area contributed by atoms with Gasteiger partial charge in [-0.1, -0.05) is 11.6 Å². The standard InChI is InChI=1S/C15H13ClFN3O/c1-7-8(2)19-6-12-13(7)14(15(18)21-12)20-9-3-4-11(17)10(16)5-9/h3-6,20H,18H2,1-2H3. The molecule has 4 nitrogen and oxygen atoms in total. The number of nitrogens with one attached hydrogen (secondary N) is 1. The van der Waals surface area contributed by atoms with E-state index in [0.717, 1.165) is 16.6 Å². The second kappa shape index (κ2) is 4.93. The number of nitrogens with zero attached hydrogens (tertiary/aromatic N) is 1. The number of halogens is 2. The van der Waals surface area contributed by atoms with Crippen LogP contribution in [-0.4, -0.2) is 4.98 Å². The highest BCUT2D eigenvalue weighted by atomic mass is 35.5. The van der Waals surface area contributed by atoms with Crippen molar-refractivity contribution in [1.82, 2.24) is 4.98 Å². The van der Waals surface area contributed by atoms with Crippen molar-refractivity contribution < 1.29 is 8.81 Å². The third-order valence-corrected chi connectivity index (χ3v) is 3.73. The molecule has 0 amide bonds. The predicted octanol–water partition coefficient (Wildman–Crippen LogP) is 4.56. The zero-order valence-corrected chi connectivity index (χ0v) is 12.3. The normalized spacial score (nSPS) is 11.0. The van der Waals surface area contributed by atoms with Gasteiger partial charge in [-0.2, -0.15) is 0 Å². The van der Waals surface area contributed by atoms with E-state index in [4.69, 9.17) is 21.8 Å². The number of benzene rings is 1. The Labute approximate surface area is 125 Å². The van der Waals surface area contributed by atoms with Gasteiger partial charge in [0, 0.05) is 11.4 Å². The number of nitrogen functional groups attached to an aromatic ring is 1. The Morgan fingerprint density at radius 3 is 2.81 bits per heavy atom. The van der Waals surface area contributed by atoms with Gasteiger partial charge in [-0.25, -0.2) is 4.39 Å². The zero-order valence-electron chi connectivity index (χ0n) is 11.5. The van der Waals surface area contributed by atoms with Crippen LogP contribution in [0.25, 0.3) is 11.0 Å². The van der Waals surface area contributed by atoms with E-state index >= 15 is 0 Å². The van der Waals surface area contributed by atoms with E-state index in [1.54, 1.807) is 12.3 Å². The van der Waals surface area contributed by atoms with Crippen LogP contribution in [0.3, 0.4) is 0 Å². The van der Waals surface area contributed by atoms with Crippen molar-refractivity contribution in [2.45, 2.75) is 13.8 Å². The molecular weight excluding hydrogens is 293 g/mol. The second-order valence-electron chi connectivity index (χ2n) is 4.80. The summed E-state index contributed by atoms with van der Waals surface area (Å²) >= 11 is 5.79. The minimum atomic E-state index is -0.469. The van der Waals surface area contributed by atoms with Crippen LogP contribution in [0.1, 0.15) is 11.3 Å². The van der Waals surface area contributed by atoms with Gasteiger partial charge in [-0.3, -0.25) is 4.98 Å². The molecule has 0 aliphatic carbocycles. The molecule has 0 aliphatic rings. The first-order valence-electron chi connectivity index (χ1n) is 6.33. The molecule has 0 aliphatic heterocycles. The van der Waals surface area contributed by atoms with Crippen molar-refractivity contribution in [3.8, 4) is 0 Å². The van der Waals surface area contributed by atoms with Gasteiger partial charge in [-0.15, -0.1) is 0 Å². The number of rotatable bonds is 2. The van der Waals surface area contributed by atoms with Gasteiger partial charge in [0.1, 0.15) is 11.5 Å². The Balaban J connectivity index is 2.13. The lowest BCUT2D eigenvalue weighted by Crippen LogP contribution is -1.95. The van der Waals surface area contributed by atoms with Crippen LogP contribution in [0.4, 0.5) is 21.6 Å². The van der Waals surface area contributed by atoms with Crippen LogP contribution in [0.5, 0.6) is 0 Å². The van der Waals surface area contributed by atoms with E-state index in [-0.39, 0.29) is 10.9 Å². The van der Waals surface area contributed by atoms with Gasteiger partial charge in [0.2, 0.25) is 5.88 Å². The van der Waals surface area contributed by atoms with Gasteiger partial charge in [0.15, 0.2) is 5.58 Å². The van der Waals surface area contributed by atoms with E-state index < -0.39 is 5.82 Å². The third kappa shape index (κ3) is 2.29. The molecular formula is C15H13ClFN3O. The minimum absolute atomic E-state index is 0.0425. The van der Waals surface area contributed by atoms with Crippen LogP contribution in [0.2, 0.25) is 5.02 Å². The highest BCUT2D eigenvalue weighted by Crippen LogP contribution is 2.37. The van der Waals surface area contributed by atoms with Crippen molar-refractivity contribution in [3.05, 3.63) is 46.5 Å². The summed E-state index contributed by atoms with van der Waals surface area (Å²) in [5.74, 6) is -0.218. The predicted molar refractivity (Wildman–Crippen MR) is 82.6 cm³/mol. The van der Waals surface area contributed by atoms with E-state index in [9.17, 15) is 4.39 Å².